The van der Waals surface area contributed by atoms with Crippen molar-refractivity contribution in [2.45, 2.75) is 13.0 Å². The smallest absolute Gasteiger partial charge is 0.292 e. The van der Waals surface area contributed by atoms with Crippen molar-refractivity contribution in [3.8, 4) is 0 Å². The molecule has 2 aromatic heterocycles. The normalized spacial score (nSPS) is 16.6. The van der Waals surface area contributed by atoms with Crippen molar-refractivity contribution in [3.63, 3.8) is 0 Å². The van der Waals surface area contributed by atoms with Crippen molar-refractivity contribution in [1.82, 2.24) is 0 Å². The van der Waals surface area contributed by atoms with Gasteiger partial charge in [-0.2, -0.15) is 0 Å². The highest BCUT2D eigenvalue weighted by Crippen LogP contribution is 2.35. The molecule has 0 fully saturated rings. The predicted molar refractivity (Wildman–Crippen MR) is 96.2 cm³/mol. The van der Waals surface area contributed by atoms with Gasteiger partial charge in [-0.3, -0.25) is 9.59 Å². The van der Waals surface area contributed by atoms with E-state index < -0.39 is 5.91 Å². The van der Waals surface area contributed by atoms with Crippen LogP contribution >= 0.6 is 11.3 Å². The van der Waals surface area contributed by atoms with Gasteiger partial charge in [-0.05, 0) is 17.7 Å². The van der Waals surface area contributed by atoms with E-state index in [0.717, 1.165) is 35.3 Å². The zero-order valence-electron chi connectivity index (χ0n) is 13.7. The van der Waals surface area contributed by atoms with E-state index in [4.69, 9.17) is 10.2 Å². The standard InChI is InChI=1S/C18H17N3O3S/c1-21-7-6-11-14(9-21)25-18(15(11)16(19)22)20-17(23)13-8-10-4-2-3-5-12(10)24-13/h2-5,8H,6-7,9H2,1H3,(H2,19,22)(H,20,23)/p+1. The molecular weight excluding hydrogens is 338 g/mol. The van der Waals surface area contributed by atoms with Crippen LogP contribution < -0.4 is 16.0 Å². The molecule has 7 heteroatoms. The molecular formula is C18H18N3O3S+. The first-order valence-electron chi connectivity index (χ1n) is 8.08. The van der Waals surface area contributed by atoms with Crippen molar-refractivity contribution in [2.75, 3.05) is 18.9 Å². The lowest BCUT2D eigenvalue weighted by Crippen LogP contribution is -3.08. The second-order valence-corrected chi connectivity index (χ2v) is 7.41. The molecule has 4 rings (SSSR count). The summed E-state index contributed by atoms with van der Waals surface area (Å²) < 4.78 is 5.59. The number of nitrogens with two attached hydrogens (primary N) is 1. The van der Waals surface area contributed by atoms with Crippen LogP contribution in [0.2, 0.25) is 0 Å². The van der Waals surface area contributed by atoms with Crippen molar-refractivity contribution >= 4 is 39.1 Å². The summed E-state index contributed by atoms with van der Waals surface area (Å²) in [6.45, 7) is 1.78. The zero-order chi connectivity index (χ0) is 17.6. The number of primary amides is 1. The van der Waals surface area contributed by atoms with Gasteiger partial charge in [0.25, 0.3) is 11.8 Å². The first-order valence-corrected chi connectivity index (χ1v) is 8.90. The molecule has 25 heavy (non-hydrogen) atoms. The summed E-state index contributed by atoms with van der Waals surface area (Å²) in [5, 5.41) is 4.19. The first kappa shape index (κ1) is 15.9. The summed E-state index contributed by atoms with van der Waals surface area (Å²) in [4.78, 5) is 27.0. The number of rotatable bonds is 3. The van der Waals surface area contributed by atoms with Gasteiger partial charge in [0.1, 0.15) is 17.1 Å². The number of benzene rings is 1. The van der Waals surface area contributed by atoms with Crippen LogP contribution in [0.4, 0.5) is 5.00 Å². The Labute approximate surface area is 148 Å². The number of carbonyl (C=O) groups excluding carboxylic acids is 2. The second kappa shape index (κ2) is 6.02. The largest absolute Gasteiger partial charge is 0.451 e. The third kappa shape index (κ3) is 2.81. The number of anilines is 1. The number of para-hydroxylation sites is 1. The molecule has 3 aromatic rings. The molecule has 6 nitrogen and oxygen atoms in total. The van der Waals surface area contributed by atoms with Gasteiger partial charge in [0, 0.05) is 11.8 Å². The Hall–Kier alpha value is -2.64. The van der Waals surface area contributed by atoms with Crippen LogP contribution in [0.3, 0.4) is 0 Å². The number of nitrogens with one attached hydrogen (secondary N) is 2. The third-order valence-corrected chi connectivity index (χ3v) is 5.63. The first-order chi connectivity index (χ1) is 12.0. The topological polar surface area (TPSA) is 89.8 Å². The lowest BCUT2D eigenvalue weighted by atomic mass is 10.0. The molecule has 0 spiro atoms. The van der Waals surface area contributed by atoms with E-state index in [1.807, 2.05) is 24.3 Å². The molecule has 3 heterocycles. The van der Waals surface area contributed by atoms with E-state index >= 15 is 0 Å². The van der Waals surface area contributed by atoms with Crippen LogP contribution in [0.15, 0.2) is 34.7 Å². The number of quaternary nitrogens is 1. The molecule has 0 bridgehead atoms. The fourth-order valence-corrected chi connectivity index (χ4v) is 4.59. The summed E-state index contributed by atoms with van der Waals surface area (Å²) in [6, 6.07) is 9.12. The summed E-state index contributed by atoms with van der Waals surface area (Å²) in [5.74, 6) is -0.666. The highest BCUT2D eigenvalue weighted by atomic mass is 32.1. The molecule has 0 aliphatic carbocycles. The maximum absolute atomic E-state index is 12.6. The molecule has 1 unspecified atom stereocenters. The van der Waals surface area contributed by atoms with E-state index in [9.17, 15) is 9.59 Å². The van der Waals surface area contributed by atoms with Crippen LogP contribution in [0.25, 0.3) is 11.0 Å². The van der Waals surface area contributed by atoms with Gasteiger partial charge in [-0.15, -0.1) is 11.3 Å². The monoisotopic (exact) mass is 356 g/mol. The van der Waals surface area contributed by atoms with E-state index in [1.165, 1.54) is 16.2 Å². The highest BCUT2D eigenvalue weighted by molar-refractivity contribution is 7.17. The van der Waals surface area contributed by atoms with Gasteiger partial charge in [0.15, 0.2) is 5.76 Å². The minimum atomic E-state index is -0.503. The lowest BCUT2D eigenvalue weighted by Gasteiger charge is -2.19. The van der Waals surface area contributed by atoms with Crippen LogP contribution in [0, 0.1) is 0 Å². The summed E-state index contributed by atoms with van der Waals surface area (Å²) in [7, 11) is 2.11. The SMILES string of the molecule is C[NH+]1CCc2c(sc(NC(=O)c3cc4ccccc4o3)c2C(N)=O)C1. The van der Waals surface area contributed by atoms with Gasteiger partial charge in [0.05, 0.1) is 24.0 Å². The molecule has 2 amide bonds. The Balaban J connectivity index is 1.68. The molecule has 0 saturated heterocycles. The molecule has 1 aliphatic rings. The van der Waals surface area contributed by atoms with Crippen molar-refractivity contribution in [1.29, 1.82) is 0 Å². The fraction of sp³-hybridized carbons (Fsp3) is 0.222. The molecule has 1 atom stereocenters. The van der Waals surface area contributed by atoms with E-state index in [-0.39, 0.29) is 11.7 Å². The van der Waals surface area contributed by atoms with Gasteiger partial charge < -0.3 is 20.4 Å². The fourth-order valence-electron chi connectivity index (χ4n) is 3.23. The lowest BCUT2D eigenvalue weighted by molar-refractivity contribution is -0.895. The van der Waals surface area contributed by atoms with Gasteiger partial charge in [-0.25, -0.2) is 0 Å². The number of amides is 2. The van der Waals surface area contributed by atoms with Crippen LogP contribution in [0.1, 0.15) is 31.4 Å². The second-order valence-electron chi connectivity index (χ2n) is 6.31. The van der Waals surface area contributed by atoms with E-state index in [2.05, 4.69) is 12.4 Å². The minimum absolute atomic E-state index is 0.214. The minimum Gasteiger partial charge on any atom is -0.451 e. The molecule has 128 valence electrons. The summed E-state index contributed by atoms with van der Waals surface area (Å²) in [6.07, 6.45) is 0.788. The number of carbonyl (C=O) groups is 2. The summed E-state index contributed by atoms with van der Waals surface area (Å²) >= 11 is 1.43. The quantitative estimate of drug-likeness (QED) is 0.663. The number of hydrogen-bond donors (Lipinski definition) is 3. The molecule has 0 radical (unpaired) electrons. The number of thiophene rings is 1. The number of furan rings is 1. The Kier molecular flexibility index (Phi) is 3.82. The maximum atomic E-state index is 12.6. The third-order valence-electron chi connectivity index (χ3n) is 4.48. The van der Waals surface area contributed by atoms with Crippen molar-refractivity contribution in [2.24, 2.45) is 5.73 Å². The molecule has 1 aliphatic heterocycles. The average Bonchev–Trinajstić information content (AvgIpc) is 3.15. The average molecular weight is 356 g/mol. The Bertz CT molecular complexity index is 956. The zero-order valence-corrected chi connectivity index (χ0v) is 14.5. The van der Waals surface area contributed by atoms with E-state index in [0.29, 0.717) is 16.1 Å². The number of fused-ring (bicyclic) bond motifs is 2. The highest BCUT2D eigenvalue weighted by Gasteiger charge is 2.28. The van der Waals surface area contributed by atoms with Crippen LogP contribution in [-0.2, 0) is 13.0 Å². The molecule has 0 saturated carbocycles. The van der Waals surface area contributed by atoms with Gasteiger partial charge >= 0.3 is 0 Å². The van der Waals surface area contributed by atoms with E-state index in [1.54, 1.807) is 6.07 Å². The maximum Gasteiger partial charge on any atom is 0.292 e. The number of hydrogen-bond acceptors (Lipinski definition) is 4. The Morgan fingerprint density at radius 3 is 2.88 bits per heavy atom. The number of likely N-dealkylation sites (N-methyl/N-ethyl adjacent to an activating group) is 1. The molecule has 1 aromatic carbocycles. The Morgan fingerprint density at radius 1 is 1.32 bits per heavy atom. The summed E-state index contributed by atoms with van der Waals surface area (Å²) in [5.41, 5.74) is 7.65. The van der Waals surface area contributed by atoms with Crippen molar-refractivity contribution in [3.05, 3.63) is 52.1 Å². The van der Waals surface area contributed by atoms with Crippen molar-refractivity contribution < 1.29 is 18.9 Å². The van der Waals surface area contributed by atoms with Gasteiger partial charge in [0.2, 0.25) is 0 Å². The van der Waals surface area contributed by atoms with Crippen LogP contribution in [0.5, 0.6) is 0 Å². The molecule has 4 N–H and O–H groups in total. The predicted octanol–water partition coefficient (Wildman–Crippen LogP) is 1.42. The Morgan fingerprint density at radius 2 is 2.12 bits per heavy atom. The van der Waals surface area contributed by atoms with Gasteiger partial charge in [-0.1, -0.05) is 18.2 Å². The van der Waals surface area contributed by atoms with Crippen LogP contribution in [-0.4, -0.2) is 25.4 Å².